The van der Waals surface area contributed by atoms with E-state index in [0.717, 1.165) is 0 Å². The second-order valence-electron chi connectivity index (χ2n) is 3.47. The molecule has 0 bridgehead atoms. The summed E-state index contributed by atoms with van der Waals surface area (Å²) in [4.78, 5) is 10.2. The van der Waals surface area contributed by atoms with E-state index in [1.807, 2.05) is 0 Å². The number of benzene rings is 1. The second-order valence-corrected chi connectivity index (χ2v) is 3.47. The molecule has 0 saturated carbocycles. The molecule has 0 saturated heterocycles. The highest BCUT2D eigenvalue weighted by Gasteiger charge is 2.09. The summed E-state index contributed by atoms with van der Waals surface area (Å²) in [6.45, 7) is 0.393. The molecule has 1 aromatic rings. The number of hydrogen-bond donors (Lipinski definition) is 3. The SMILES string of the molecule is O=C(O)CC(O)CNCc1ccccc1F. The molecular weight excluding hydrogens is 213 g/mol. The van der Waals surface area contributed by atoms with E-state index in [4.69, 9.17) is 5.11 Å². The Balaban J connectivity index is 2.30. The van der Waals surface area contributed by atoms with E-state index < -0.39 is 12.1 Å². The monoisotopic (exact) mass is 227 g/mol. The van der Waals surface area contributed by atoms with Crippen LogP contribution in [0.15, 0.2) is 24.3 Å². The molecule has 1 atom stereocenters. The summed E-state index contributed by atoms with van der Waals surface area (Å²) in [5, 5.41) is 20.4. The van der Waals surface area contributed by atoms with E-state index in [0.29, 0.717) is 5.56 Å². The summed E-state index contributed by atoms with van der Waals surface area (Å²) in [5.74, 6) is -1.37. The van der Waals surface area contributed by atoms with Crippen LogP contribution in [0.4, 0.5) is 4.39 Å². The number of aliphatic hydroxyl groups is 1. The van der Waals surface area contributed by atoms with Crippen LogP contribution in [-0.4, -0.2) is 28.8 Å². The van der Waals surface area contributed by atoms with Crippen LogP contribution in [0, 0.1) is 5.82 Å². The largest absolute Gasteiger partial charge is 0.481 e. The van der Waals surface area contributed by atoms with Gasteiger partial charge in [0.25, 0.3) is 0 Å². The predicted octanol–water partition coefficient (Wildman–Crippen LogP) is 0.751. The fourth-order valence-corrected chi connectivity index (χ4v) is 1.29. The van der Waals surface area contributed by atoms with E-state index in [1.165, 1.54) is 6.07 Å². The number of aliphatic hydroxyl groups excluding tert-OH is 1. The Morgan fingerprint density at radius 3 is 2.75 bits per heavy atom. The zero-order valence-corrected chi connectivity index (χ0v) is 8.69. The third-order valence-electron chi connectivity index (χ3n) is 2.06. The summed E-state index contributed by atoms with van der Waals surface area (Å²) in [5.41, 5.74) is 0.491. The van der Waals surface area contributed by atoms with Gasteiger partial charge in [0.2, 0.25) is 0 Å². The topological polar surface area (TPSA) is 69.6 Å². The van der Waals surface area contributed by atoms with Gasteiger partial charge in [0.05, 0.1) is 12.5 Å². The molecule has 1 aromatic carbocycles. The van der Waals surface area contributed by atoms with Crippen LogP contribution in [0.3, 0.4) is 0 Å². The Morgan fingerprint density at radius 1 is 1.44 bits per heavy atom. The van der Waals surface area contributed by atoms with E-state index in [9.17, 15) is 14.3 Å². The Hall–Kier alpha value is -1.46. The number of hydrogen-bond acceptors (Lipinski definition) is 3. The average Bonchev–Trinajstić information content (AvgIpc) is 2.19. The normalized spacial score (nSPS) is 12.4. The number of aliphatic carboxylic acids is 1. The molecule has 1 unspecified atom stereocenters. The maximum atomic E-state index is 13.1. The number of rotatable bonds is 6. The number of carbonyl (C=O) groups is 1. The Labute approximate surface area is 92.7 Å². The number of carboxylic acid groups (broad SMARTS) is 1. The summed E-state index contributed by atoms with van der Waals surface area (Å²) in [6.07, 6.45) is -1.27. The molecular formula is C11H14FNO3. The quantitative estimate of drug-likeness (QED) is 0.670. The van der Waals surface area contributed by atoms with Crippen molar-refractivity contribution in [3.63, 3.8) is 0 Å². The molecule has 3 N–H and O–H groups in total. The first-order chi connectivity index (χ1) is 7.59. The van der Waals surface area contributed by atoms with Gasteiger partial charge in [-0.3, -0.25) is 4.79 Å². The molecule has 0 aliphatic rings. The summed E-state index contributed by atoms with van der Waals surface area (Å²) in [7, 11) is 0. The first kappa shape index (κ1) is 12.6. The van der Waals surface area contributed by atoms with Crippen LogP contribution in [0.1, 0.15) is 12.0 Å². The van der Waals surface area contributed by atoms with E-state index >= 15 is 0 Å². The maximum absolute atomic E-state index is 13.1. The van der Waals surface area contributed by atoms with E-state index in [1.54, 1.807) is 18.2 Å². The standard InChI is InChI=1S/C11H14FNO3/c12-10-4-2-1-3-8(10)6-13-7-9(14)5-11(15)16/h1-4,9,13-14H,5-7H2,(H,15,16). The molecule has 88 valence electrons. The highest BCUT2D eigenvalue weighted by atomic mass is 19.1. The van der Waals surface area contributed by atoms with Gasteiger partial charge in [-0.1, -0.05) is 18.2 Å². The number of carboxylic acids is 1. The molecule has 0 aliphatic heterocycles. The third-order valence-corrected chi connectivity index (χ3v) is 2.06. The lowest BCUT2D eigenvalue weighted by Crippen LogP contribution is -2.28. The summed E-state index contributed by atoms with van der Waals surface area (Å²) < 4.78 is 13.1. The van der Waals surface area contributed by atoms with Gasteiger partial charge in [-0.25, -0.2) is 4.39 Å². The smallest absolute Gasteiger partial charge is 0.306 e. The minimum Gasteiger partial charge on any atom is -0.481 e. The maximum Gasteiger partial charge on any atom is 0.306 e. The van der Waals surface area contributed by atoms with Gasteiger partial charge in [0.15, 0.2) is 0 Å². The highest BCUT2D eigenvalue weighted by Crippen LogP contribution is 2.05. The van der Waals surface area contributed by atoms with E-state index in [2.05, 4.69) is 5.32 Å². The Kier molecular flexibility index (Phi) is 4.88. The van der Waals surface area contributed by atoms with Gasteiger partial charge in [0, 0.05) is 18.7 Å². The van der Waals surface area contributed by atoms with Crippen LogP contribution < -0.4 is 5.32 Å². The Morgan fingerprint density at radius 2 is 2.12 bits per heavy atom. The van der Waals surface area contributed by atoms with Crippen LogP contribution in [-0.2, 0) is 11.3 Å². The van der Waals surface area contributed by atoms with Crippen molar-refractivity contribution in [3.8, 4) is 0 Å². The van der Waals surface area contributed by atoms with Crippen LogP contribution in [0.5, 0.6) is 0 Å². The highest BCUT2D eigenvalue weighted by molar-refractivity contribution is 5.67. The third kappa shape index (κ3) is 4.37. The molecule has 0 fully saturated rings. The first-order valence-electron chi connectivity index (χ1n) is 4.93. The molecule has 5 heteroatoms. The number of nitrogens with one attached hydrogen (secondary N) is 1. The molecule has 0 aromatic heterocycles. The van der Waals surface area contributed by atoms with Gasteiger partial charge in [-0.2, -0.15) is 0 Å². The zero-order chi connectivity index (χ0) is 12.0. The molecule has 0 spiro atoms. The lowest BCUT2D eigenvalue weighted by atomic mass is 10.2. The molecule has 4 nitrogen and oxygen atoms in total. The van der Waals surface area contributed by atoms with E-state index in [-0.39, 0.29) is 25.3 Å². The van der Waals surface area contributed by atoms with Crippen molar-refractivity contribution < 1.29 is 19.4 Å². The first-order valence-corrected chi connectivity index (χ1v) is 4.93. The molecule has 0 radical (unpaired) electrons. The van der Waals surface area contributed by atoms with Crippen molar-refractivity contribution in [2.75, 3.05) is 6.54 Å². The molecule has 1 rings (SSSR count). The van der Waals surface area contributed by atoms with Gasteiger partial charge in [-0.15, -0.1) is 0 Å². The van der Waals surface area contributed by atoms with Gasteiger partial charge in [0.1, 0.15) is 5.82 Å². The van der Waals surface area contributed by atoms with Crippen molar-refractivity contribution in [1.29, 1.82) is 0 Å². The molecule has 0 amide bonds. The van der Waals surface area contributed by atoms with Gasteiger partial charge >= 0.3 is 5.97 Å². The molecule has 0 heterocycles. The predicted molar refractivity (Wildman–Crippen MR) is 56.4 cm³/mol. The number of halogens is 1. The lowest BCUT2D eigenvalue weighted by Gasteiger charge is -2.09. The van der Waals surface area contributed by atoms with Crippen molar-refractivity contribution in [2.24, 2.45) is 0 Å². The average molecular weight is 227 g/mol. The van der Waals surface area contributed by atoms with Crippen molar-refractivity contribution >= 4 is 5.97 Å². The lowest BCUT2D eigenvalue weighted by molar-refractivity contribution is -0.139. The van der Waals surface area contributed by atoms with Gasteiger partial charge < -0.3 is 15.5 Å². The van der Waals surface area contributed by atoms with Crippen molar-refractivity contribution in [1.82, 2.24) is 5.32 Å². The molecule has 0 aliphatic carbocycles. The van der Waals surface area contributed by atoms with Crippen molar-refractivity contribution in [3.05, 3.63) is 35.6 Å². The second kappa shape index (κ2) is 6.19. The zero-order valence-electron chi connectivity index (χ0n) is 8.69. The summed E-state index contributed by atoms with van der Waals surface area (Å²) >= 11 is 0. The minimum atomic E-state index is -1.06. The van der Waals surface area contributed by atoms with Gasteiger partial charge in [-0.05, 0) is 6.07 Å². The van der Waals surface area contributed by atoms with Crippen LogP contribution in [0.2, 0.25) is 0 Å². The molecule has 16 heavy (non-hydrogen) atoms. The summed E-state index contributed by atoms with van der Waals surface area (Å²) in [6, 6.07) is 6.29. The fraction of sp³-hybridized carbons (Fsp3) is 0.364. The van der Waals surface area contributed by atoms with Crippen LogP contribution in [0.25, 0.3) is 0 Å². The van der Waals surface area contributed by atoms with Crippen LogP contribution >= 0.6 is 0 Å². The fourth-order valence-electron chi connectivity index (χ4n) is 1.29. The Bertz CT molecular complexity index is 357. The minimum absolute atomic E-state index is 0.126. The van der Waals surface area contributed by atoms with Crippen molar-refractivity contribution in [2.45, 2.75) is 19.1 Å².